The van der Waals surface area contributed by atoms with Gasteiger partial charge in [0, 0.05) is 37.6 Å². The molecule has 1 aromatic heterocycles. The lowest BCUT2D eigenvalue weighted by Crippen LogP contribution is -2.52. The first-order chi connectivity index (χ1) is 8.98. The molecule has 0 bridgehead atoms. The van der Waals surface area contributed by atoms with Crippen LogP contribution in [0.1, 0.15) is 19.0 Å². The van der Waals surface area contributed by atoms with Gasteiger partial charge in [0.25, 0.3) is 0 Å². The zero-order chi connectivity index (χ0) is 14.0. The number of piperazine rings is 1. The van der Waals surface area contributed by atoms with Crippen LogP contribution in [0.15, 0.2) is 17.2 Å². The quantitative estimate of drug-likeness (QED) is 0.830. The monoisotopic (exact) mass is 287 g/mol. The molecule has 0 aliphatic carbocycles. The number of hydrogen-bond donors (Lipinski definition) is 2. The van der Waals surface area contributed by atoms with E-state index in [-0.39, 0.29) is 17.5 Å². The first-order valence-electron chi connectivity index (χ1n) is 6.47. The lowest BCUT2D eigenvalue weighted by Gasteiger charge is -2.38. The smallest absolute Gasteiger partial charge is 0.244 e. The van der Waals surface area contributed by atoms with Gasteiger partial charge in [-0.25, -0.2) is 8.42 Å². The van der Waals surface area contributed by atoms with Crippen molar-refractivity contribution >= 4 is 10.0 Å². The van der Waals surface area contributed by atoms with Crippen molar-refractivity contribution in [3.05, 3.63) is 18.0 Å². The van der Waals surface area contributed by atoms with Gasteiger partial charge in [-0.05, 0) is 19.5 Å². The van der Waals surface area contributed by atoms with E-state index in [1.165, 1.54) is 16.6 Å². The molecule has 0 saturated carbocycles. The van der Waals surface area contributed by atoms with E-state index in [4.69, 9.17) is 5.11 Å². The van der Waals surface area contributed by atoms with Gasteiger partial charge in [0.2, 0.25) is 10.0 Å². The van der Waals surface area contributed by atoms with Crippen LogP contribution in [0.4, 0.5) is 0 Å². The van der Waals surface area contributed by atoms with Gasteiger partial charge in [0.1, 0.15) is 0 Å². The van der Waals surface area contributed by atoms with Crippen molar-refractivity contribution in [2.24, 2.45) is 0 Å². The Morgan fingerprint density at radius 3 is 2.79 bits per heavy atom. The van der Waals surface area contributed by atoms with Gasteiger partial charge in [-0.15, -0.1) is 0 Å². The van der Waals surface area contributed by atoms with Gasteiger partial charge < -0.3 is 15.0 Å². The Labute approximate surface area is 114 Å². The highest BCUT2D eigenvalue weighted by atomic mass is 32.2. The largest absolute Gasteiger partial charge is 0.390 e. The maximum Gasteiger partial charge on any atom is 0.244 e. The zero-order valence-corrected chi connectivity index (χ0v) is 12.2. The van der Waals surface area contributed by atoms with Crippen LogP contribution in [-0.4, -0.2) is 60.4 Å². The summed E-state index contributed by atoms with van der Waals surface area (Å²) in [6.45, 7) is 3.66. The molecule has 1 aliphatic heterocycles. The van der Waals surface area contributed by atoms with Gasteiger partial charge >= 0.3 is 0 Å². The average molecular weight is 287 g/mol. The van der Waals surface area contributed by atoms with E-state index < -0.39 is 10.0 Å². The SMILES string of the molecule is CCC1CN(S(=O)(=O)c2c[nH]c(CO)c2)CCN1C. The Kier molecular flexibility index (Phi) is 4.29. The van der Waals surface area contributed by atoms with E-state index in [0.717, 1.165) is 13.0 Å². The molecule has 1 atom stereocenters. The highest BCUT2D eigenvalue weighted by Crippen LogP contribution is 2.21. The Hall–Kier alpha value is -0.890. The summed E-state index contributed by atoms with van der Waals surface area (Å²) in [5.74, 6) is 0. The Balaban J connectivity index is 2.20. The number of aliphatic hydroxyl groups is 1. The summed E-state index contributed by atoms with van der Waals surface area (Å²) in [5.41, 5.74) is 0.514. The predicted octanol–water partition coefficient (Wildman–Crippen LogP) is 0.222. The van der Waals surface area contributed by atoms with E-state index >= 15 is 0 Å². The Bertz CT molecular complexity index is 526. The van der Waals surface area contributed by atoms with Crippen molar-refractivity contribution in [1.29, 1.82) is 0 Å². The van der Waals surface area contributed by atoms with Crippen LogP contribution in [0.2, 0.25) is 0 Å². The minimum Gasteiger partial charge on any atom is -0.390 e. The molecule has 108 valence electrons. The van der Waals surface area contributed by atoms with Crippen LogP contribution in [0, 0.1) is 0 Å². The number of hydrogen-bond acceptors (Lipinski definition) is 4. The summed E-state index contributed by atoms with van der Waals surface area (Å²) in [4.78, 5) is 5.20. The van der Waals surface area contributed by atoms with Crippen molar-refractivity contribution in [3.63, 3.8) is 0 Å². The fourth-order valence-electron chi connectivity index (χ4n) is 2.38. The first kappa shape index (κ1) is 14.5. The second-order valence-electron chi connectivity index (χ2n) is 4.92. The van der Waals surface area contributed by atoms with Crippen molar-refractivity contribution < 1.29 is 13.5 Å². The van der Waals surface area contributed by atoms with Crippen molar-refractivity contribution in [2.75, 3.05) is 26.7 Å². The molecule has 2 N–H and O–H groups in total. The normalized spacial score (nSPS) is 22.8. The van der Waals surface area contributed by atoms with Gasteiger partial charge in [0.15, 0.2) is 0 Å². The van der Waals surface area contributed by atoms with Crippen LogP contribution in [0.5, 0.6) is 0 Å². The topological polar surface area (TPSA) is 76.6 Å². The van der Waals surface area contributed by atoms with Gasteiger partial charge in [-0.1, -0.05) is 6.92 Å². The third kappa shape index (κ3) is 2.84. The van der Waals surface area contributed by atoms with Crippen molar-refractivity contribution in [1.82, 2.24) is 14.2 Å². The fourth-order valence-corrected chi connectivity index (χ4v) is 3.87. The molecule has 1 aliphatic rings. The lowest BCUT2D eigenvalue weighted by molar-refractivity contribution is 0.144. The van der Waals surface area contributed by atoms with E-state index in [0.29, 0.717) is 18.8 Å². The molecular weight excluding hydrogens is 266 g/mol. The van der Waals surface area contributed by atoms with Crippen molar-refractivity contribution in [2.45, 2.75) is 30.9 Å². The lowest BCUT2D eigenvalue weighted by atomic mass is 10.1. The zero-order valence-electron chi connectivity index (χ0n) is 11.3. The van der Waals surface area contributed by atoms with Crippen LogP contribution in [0.3, 0.4) is 0 Å². The molecule has 1 saturated heterocycles. The van der Waals surface area contributed by atoms with Crippen molar-refractivity contribution in [3.8, 4) is 0 Å². The molecule has 0 spiro atoms. The molecule has 6 nitrogen and oxygen atoms in total. The van der Waals surface area contributed by atoms with Gasteiger partial charge in [0.05, 0.1) is 11.5 Å². The molecule has 1 fully saturated rings. The summed E-state index contributed by atoms with van der Waals surface area (Å²) in [6.07, 6.45) is 2.37. The fraction of sp³-hybridized carbons (Fsp3) is 0.667. The molecule has 1 aromatic rings. The summed E-state index contributed by atoms with van der Waals surface area (Å²) >= 11 is 0. The maximum absolute atomic E-state index is 12.5. The molecular formula is C12H21N3O3S. The second-order valence-corrected chi connectivity index (χ2v) is 6.86. The van der Waals surface area contributed by atoms with Crippen LogP contribution >= 0.6 is 0 Å². The van der Waals surface area contributed by atoms with Crippen LogP contribution in [0.25, 0.3) is 0 Å². The van der Waals surface area contributed by atoms with E-state index in [1.54, 1.807) is 0 Å². The van der Waals surface area contributed by atoms with E-state index in [1.807, 2.05) is 7.05 Å². The highest BCUT2D eigenvalue weighted by molar-refractivity contribution is 7.89. The number of aromatic nitrogens is 1. The molecule has 0 radical (unpaired) electrons. The summed E-state index contributed by atoms with van der Waals surface area (Å²) < 4.78 is 26.5. The van der Waals surface area contributed by atoms with E-state index in [9.17, 15) is 8.42 Å². The minimum atomic E-state index is -3.45. The number of aliphatic hydroxyl groups excluding tert-OH is 1. The van der Waals surface area contributed by atoms with Gasteiger partial charge in [-0.3, -0.25) is 0 Å². The second kappa shape index (κ2) is 5.62. The van der Waals surface area contributed by atoms with E-state index in [2.05, 4.69) is 16.8 Å². The highest BCUT2D eigenvalue weighted by Gasteiger charge is 2.32. The third-order valence-corrected chi connectivity index (χ3v) is 5.58. The third-order valence-electron chi connectivity index (χ3n) is 3.74. The molecule has 0 aromatic carbocycles. The number of H-pyrrole nitrogens is 1. The molecule has 2 heterocycles. The molecule has 1 unspecified atom stereocenters. The number of nitrogens with one attached hydrogen (secondary N) is 1. The molecule has 0 amide bonds. The maximum atomic E-state index is 12.5. The molecule has 7 heteroatoms. The number of likely N-dealkylation sites (N-methyl/N-ethyl adjacent to an activating group) is 1. The number of rotatable bonds is 4. The Morgan fingerprint density at radius 1 is 1.47 bits per heavy atom. The summed E-state index contributed by atoms with van der Waals surface area (Å²) in [7, 11) is -1.43. The standard InChI is InChI=1S/C12H21N3O3S/c1-3-11-8-15(5-4-14(11)2)19(17,18)12-6-10(9-16)13-7-12/h6-7,11,13,16H,3-5,8-9H2,1-2H3. The first-order valence-corrected chi connectivity index (χ1v) is 7.91. The number of nitrogens with zero attached hydrogens (tertiary/aromatic N) is 2. The summed E-state index contributed by atoms with van der Waals surface area (Å²) in [6, 6.07) is 1.76. The van der Waals surface area contributed by atoms with Crippen LogP contribution in [-0.2, 0) is 16.6 Å². The molecule has 2 rings (SSSR count). The Morgan fingerprint density at radius 2 is 2.21 bits per heavy atom. The molecule has 19 heavy (non-hydrogen) atoms. The minimum absolute atomic E-state index is 0.185. The van der Waals surface area contributed by atoms with Gasteiger partial charge in [-0.2, -0.15) is 4.31 Å². The summed E-state index contributed by atoms with van der Waals surface area (Å²) in [5, 5.41) is 9.00. The number of sulfonamides is 1. The number of aromatic amines is 1. The predicted molar refractivity (Wildman–Crippen MR) is 72.2 cm³/mol. The average Bonchev–Trinajstić information content (AvgIpc) is 2.88. The van der Waals surface area contributed by atoms with Crippen LogP contribution < -0.4 is 0 Å².